The second kappa shape index (κ2) is 11.7. The molecule has 7 nitrogen and oxygen atoms in total. The number of imidazole rings is 1. The zero-order valence-corrected chi connectivity index (χ0v) is 20.8. The van der Waals surface area contributed by atoms with Gasteiger partial charge >= 0.3 is 0 Å². The van der Waals surface area contributed by atoms with Crippen LogP contribution < -0.4 is 10.1 Å². The smallest absolute Gasteiger partial charge is 0.245 e. The fourth-order valence-electron chi connectivity index (χ4n) is 3.60. The van der Waals surface area contributed by atoms with Gasteiger partial charge in [0, 0.05) is 44.9 Å². The third kappa shape index (κ3) is 8.75. The summed E-state index contributed by atoms with van der Waals surface area (Å²) in [5, 5.41) is 3.00. The molecule has 1 atom stereocenters. The molecule has 1 aromatic carbocycles. The van der Waals surface area contributed by atoms with E-state index in [0.717, 1.165) is 11.3 Å². The minimum atomic E-state index is -0.669. The summed E-state index contributed by atoms with van der Waals surface area (Å²) < 4.78 is 7.17. The molecule has 0 unspecified atom stereocenters. The first-order valence-corrected chi connectivity index (χ1v) is 11.4. The second-order valence-corrected chi connectivity index (χ2v) is 10.1. The first-order chi connectivity index (χ1) is 15.5. The molecule has 0 aliphatic carbocycles. The topological polar surface area (TPSA) is 76.5 Å². The minimum Gasteiger partial charge on any atom is -0.466 e. The number of benzene rings is 1. The average molecular weight is 455 g/mol. The summed E-state index contributed by atoms with van der Waals surface area (Å²) in [4.78, 5) is 32.5. The van der Waals surface area contributed by atoms with Gasteiger partial charge in [-0.3, -0.25) is 9.59 Å². The van der Waals surface area contributed by atoms with E-state index in [1.165, 1.54) is 6.26 Å². The molecule has 0 fully saturated rings. The Hall–Kier alpha value is -3.09. The van der Waals surface area contributed by atoms with E-state index in [1.807, 2.05) is 61.6 Å². The minimum absolute atomic E-state index is 0.0985. The van der Waals surface area contributed by atoms with Crippen LogP contribution in [0.25, 0.3) is 0 Å². The molecule has 0 saturated carbocycles. The molecule has 0 aliphatic rings. The van der Waals surface area contributed by atoms with Crippen LogP contribution in [0.15, 0.2) is 49.6 Å². The van der Waals surface area contributed by atoms with E-state index in [0.29, 0.717) is 31.7 Å². The predicted octanol–water partition coefficient (Wildman–Crippen LogP) is 4.09. The first kappa shape index (κ1) is 26.2. The summed E-state index contributed by atoms with van der Waals surface area (Å²) in [6.07, 6.45) is 5.55. The van der Waals surface area contributed by atoms with Crippen LogP contribution in [0.5, 0.6) is 5.75 Å². The summed E-state index contributed by atoms with van der Waals surface area (Å²) in [7, 11) is 1.89. The van der Waals surface area contributed by atoms with Gasteiger partial charge in [-0.05, 0) is 29.0 Å². The molecule has 2 aromatic rings. The van der Waals surface area contributed by atoms with Crippen molar-refractivity contribution < 1.29 is 14.3 Å². The van der Waals surface area contributed by atoms with Crippen molar-refractivity contribution in [2.75, 3.05) is 6.54 Å². The lowest BCUT2D eigenvalue weighted by Crippen LogP contribution is -2.51. The normalized spacial score (nSPS) is 12.3. The van der Waals surface area contributed by atoms with Crippen LogP contribution in [0.1, 0.15) is 52.3 Å². The Bertz CT molecular complexity index is 926. The molecule has 0 bridgehead atoms. The molecule has 2 amide bonds. The van der Waals surface area contributed by atoms with Crippen LogP contribution in [0, 0.1) is 11.3 Å². The lowest BCUT2D eigenvalue weighted by Gasteiger charge is -2.30. The highest BCUT2D eigenvalue weighted by Crippen LogP contribution is 2.19. The Balaban J connectivity index is 2.26. The maximum Gasteiger partial charge on any atom is 0.245 e. The molecular weight excluding hydrogens is 416 g/mol. The van der Waals surface area contributed by atoms with Crippen LogP contribution in [0.4, 0.5) is 0 Å². The van der Waals surface area contributed by atoms with Gasteiger partial charge in [-0.25, -0.2) is 4.98 Å². The maximum atomic E-state index is 13.7. The van der Waals surface area contributed by atoms with Crippen LogP contribution in [-0.2, 0) is 29.6 Å². The van der Waals surface area contributed by atoms with E-state index in [-0.39, 0.29) is 23.1 Å². The molecule has 180 valence electrons. The summed E-state index contributed by atoms with van der Waals surface area (Å²) in [5.41, 5.74) is 1.71. The zero-order chi connectivity index (χ0) is 24.6. The van der Waals surface area contributed by atoms with Gasteiger partial charge in [-0.1, -0.05) is 53.3 Å². The highest BCUT2D eigenvalue weighted by atomic mass is 16.5. The van der Waals surface area contributed by atoms with Gasteiger partial charge in [0.1, 0.15) is 11.8 Å². The van der Waals surface area contributed by atoms with E-state index >= 15 is 0 Å². The Labute approximate surface area is 197 Å². The zero-order valence-electron chi connectivity index (χ0n) is 20.8. The van der Waals surface area contributed by atoms with Gasteiger partial charge in [0.05, 0.1) is 12.6 Å². The number of carbonyl (C=O) groups excluding carboxylic acids is 2. The van der Waals surface area contributed by atoms with Crippen molar-refractivity contribution in [3.63, 3.8) is 0 Å². The number of nitrogens with zero attached hydrogens (tertiary/aromatic N) is 3. The Morgan fingerprint density at radius 2 is 1.91 bits per heavy atom. The maximum absolute atomic E-state index is 13.7. The summed E-state index contributed by atoms with van der Waals surface area (Å²) in [6, 6.07) is 6.92. The Morgan fingerprint density at radius 1 is 1.24 bits per heavy atom. The number of carbonyl (C=O) groups is 2. The van der Waals surface area contributed by atoms with E-state index < -0.39 is 6.04 Å². The molecule has 7 heteroatoms. The molecule has 1 heterocycles. The summed E-state index contributed by atoms with van der Waals surface area (Å²) in [6.45, 7) is 14.8. The van der Waals surface area contributed by atoms with Crippen molar-refractivity contribution in [3.8, 4) is 5.75 Å². The predicted molar refractivity (Wildman–Crippen MR) is 130 cm³/mol. The van der Waals surface area contributed by atoms with Crippen molar-refractivity contribution in [2.45, 2.75) is 60.0 Å². The molecule has 2 rings (SSSR count). The lowest BCUT2D eigenvalue weighted by molar-refractivity contribution is -0.137. The van der Waals surface area contributed by atoms with Crippen molar-refractivity contribution in [2.24, 2.45) is 18.4 Å². The number of amides is 2. The van der Waals surface area contributed by atoms with Gasteiger partial charge in [0.25, 0.3) is 0 Å². The monoisotopic (exact) mass is 454 g/mol. The van der Waals surface area contributed by atoms with Crippen molar-refractivity contribution >= 4 is 11.8 Å². The largest absolute Gasteiger partial charge is 0.466 e. The summed E-state index contributed by atoms with van der Waals surface area (Å²) in [5.74, 6) is 0.746. The summed E-state index contributed by atoms with van der Waals surface area (Å²) >= 11 is 0. The first-order valence-electron chi connectivity index (χ1n) is 11.4. The quantitative estimate of drug-likeness (QED) is 0.519. The molecule has 0 aliphatic heterocycles. The van der Waals surface area contributed by atoms with E-state index in [4.69, 9.17) is 4.74 Å². The molecule has 0 spiro atoms. The van der Waals surface area contributed by atoms with Gasteiger partial charge in [-0.2, -0.15) is 0 Å². The SMILES string of the molecule is C=COc1ccc(CN(CC(C)C)C(=O)[C@H](Cc2cncn2C)NC(=O)CC(C)(C)C)cc1. The number of ether oxygens (including phenoxy) is 1. The third-order valence-corrected chi connectivity index (χ3v) is 5.07. The fourth-order valence-corrected chi connectivity index (χ4v) is 3.60. The number of hydrogen-bond acceptors (Lipinski definition) is 4. The van der Waals surface area contributed by atoms with Crippen LogP contribution in [0.3, 0.4) is 0 Å². The number of hydrogen-bond donors (Lipinski definition) is 1. The van der Waals surface area contributed by atoms with E-state index in [2.05, 4.69) is 30.7 Å². The molecule has 1 aromatic heterocycles. The molecular formula is C26H38N4O3. The van der Waals surface area contributed by atoms with Gasteiger partial charge in [0.2, 0.25) is 11.8 Å². The van der Waals surface area contributed by atoms with E-state index in [9.17, 15) is 9.59 Å². The Kier molecular flexibility index (Phi) is 9.26. The average Bonchev–Trinajstić information content (AvgIpc) is 3.11. The highest BCUT2D eigenvalue weighted by molar-refractivity contribution is 5.88. The lowest BCUT2D eigenvalue weighted by atomic mass is 9.91. The number of aromatic nitrogens is 2. The fraction of sp³-hybridized carbons (Fsp3) is 0.500. The molecule has 33 heavy (non-hydrogen) atoms. The van der Waals surface area contributed by atoms with Crippen molar-refractivity contribution in [1.29, 1.82) is 0 Å². The van der Waals surface area contributed by atoms with Gasteiger partial charge < -0.3 is 19.5 Å². The standard InChI is InChI=1S/C26H38N4O3/c1-8-33-22-11-9-20(10-12-22)17-30(16-19(2)3)25(32)23(13-21-15-27-18-29(21)7)28-24(31)14-26(4,5)6/h8-12,15,18-19,23H,1,13-14,16-17H2,2-7H3,(H,28,31)/t23-/m0/s1. The number of aryl methyl sites for hydroxylation is 1. The number of nitrogens with one attached hydrogen (secondary N) is 1. The van der Waals surface area contributed by atoms with Crippen LogP contribution in [0.2, 0.25) is 0 Å². The molecule has 1 N–H and O–H groups in total. The number of rotatable bonds is 11. The molecule has 0 saturated heterocycles. The van der Waals surface area contributed by atoms with Crippen molar-refractivity contribution in [1.82, 2.24) is 19.8 Å². The van der Waals surface area contributed by atoms with E-state index in [1.54, 1.807) is 12.5 Å². The second-order valence-electron chi connectivity index (χ2n) is 10.1. The van der Waals surface area contributed by atoms with Gasteiger partial charge in [0.15, 0.2) is 0 Å². The van der Waals surface area contributed by atoms with Crippen LogP contribution >= 0.6 is 0 Å². The highest BCUT2D eigenvalue weighted by Gasteiger charge is 2.29. The Morgan fingerprint density at radius 3 is 2.42 bits per heavy atom. The molecule has 0 radical (unpaired) electrons. The van der Waals surface area contributed by atoms with Gasteiger partial charge in [-0.15, -0.1) is 0 Å². The van der Waals surface area contributed by atoms with Crippen molar-refractivity contribution in [3.05, 3.63) is 60.9 Å². The third-order valence-electron chi connectivity index (χ3n) is 5.07. The van der Waals surface area contributed by atoms with Crippen LogP contribution in [-0.4, -0.2) is 38.9 Å².